The highest BCUT2D eigenvalue weighted by Gasteiger charge is 2.37. The third-order valence-electron chi connectivity index (χ3n) is 4.77. The molecule has 1 aliphatic rings. The van der Waals surface area contributed by atoms with Crippen molar-refractivity contribution in [1.82, 2.24) is 5.06 Å². The highest BCUT2D eigenvalue weighted by atomic mass is 28.4. The number of hydroxylamine groups is 2. The number of carbonyl (C=O) groups excluding carboxylic acids is 1. The van der Waals surface area contributed by atoms with Gasteiger partial charge in [-0.3, -0.25) is 9.63 Å². The summed E-state index contributed by atoms with van der Waals surface area (Å²) in [5, 5.41) is 1.17. The molecular formula is C17H33NO5Si. The Hall–Kier alpha value is -0.893. The van der Waals surface area contributed by atoms with Gasteiger partial charge < -0.3 is 13.9 Å². The van der Waals surface area contributed by atoms with Gasteiger partial charge in [0.25, 0.3) is 5.91 Å². The SMILES string of the molecule is CC[Si](CC)(CC)OCC[C@H]1OC(C)(C)OC=C1C(=O)N(C)OC. The molecule has 0 aromatic heterocycles. The molecule has 7 heteroatoms. The second kappa shape index (κ2) is 8.99. The van der Waals surface area contributed by atoms with Crippen LogP contribution in [0, 0.1) is 0 Å². The second-order valence-corrected chi connectivity index (χ2v) is 11.3. The number of likely N-dealkylation sites (N-methyl/N-ethyl adjacent to an activating group) is 1. The van der Waals surface area contributed by atoms with Gasteiger partial charge in [-0.2, -0.15) is 0 Å². The van der Waals surface area contributed by atoms with Crippen LogP contribution in [0.2, 0.25) is 18.1 Å². The monoisotopic (exact) mass is 359 g/mol. The van der Waals surface area contributed by atoms with Gasteiger partial charge in [-0.1, -0.05) is 20.8 Å². The van der Waals surface area contributed by atoms with E-state index in [0.29, 0.717) is 18.6 Å². The standard InChI is InChI=1S/C17H33NO5Si/c1-8-24(9-2,10-3)22-12-11-15-14(16(19)18(6)20-7)13-21-17(4,5)23-15/h13,15H,8-12H2,1-7H3/t15-/m1/s1. The lowest BCUT2D eigenvalue weighted by atomic mass is 10.1. The topological polar surface area (TPSA) is 57.2 Å². The first-order valence-electron chi connectivity index (χ1n) is 8.76. The number of carbonyl (C=O) groups is 1. The molecule has 24 heavy (non-hydrogen) atoms. The third-order valence-corrected chi connectivity index (χ3v) is 9.45. The Morgan fingerprint density at radius 3 is 2.38 bits per heavy atom. The molecule has 0 aliphatic carbocycles. The Bertz CT molecular complexity index is 440. The van der Waals surface area contributed by atoms with Gasteiger partial charge in [-0.15, -0.1) is 0 Å². The number of nitrogens with zero attached hydrogens (tertiary/aromatic N) is 1. The van der Waals surface area contributed by atoms with Crippen LogP contribution in [0.15, 0.2) is 11.8 Å². The van der Waals surface area contributed by atoms with E-state index in [1.807, 2.05) is 13.8 Å². The molecule has 0 aromatic carbocycles. The quantitative estimate of drug-likeness (QED) is 0.466. The summed E-state index contributed by atoms with van der Waals surface area (Å²) in [7, 11) is 1.38. The molecule has 0 spiro atoms. The van der Waals surface area contributed by atoms with Crippen molar-refractivity contribution in [2.24, 2.45) is 0 Å². The fraction of sp³-hybridized carbons (Fsp3) is 0.824. The molecule has 140 valence electrons. The Morgan fingerprint density at radius 2 is 1.88 bits per heavy atom. The van der Waals surface area contributed by atoms with E-state index >= 15 is 0 Å². The van der Waals surface area contributed by atoms with Crippen LogP contribution >= 0.6 is 0 Å². The van der Waals surface area contributed by atoms with Crippen molar-refractivity contribution in [2.45, 2.75) is 71.1 Å². The molecule has 0 saturated carbocycles. The number of rotatable bonds is 9. The van der Waals surface area contributed by atoms with Crippen LogP contribution < -0.4 is 0 Å². The molecule has 0 unspecified atom stereocenters. The summed E-state index contributed by atoms with van der Waals surface area (Å²) < 4.78 is 17.8. The summed E-state index contributed by atoms with van der Waals surface area (Å²) in [5.74, 6) is -1.02. The molecule has 0 aromatic rings. The van der Waals surface area contributed by atoms with Crippen molar-refractivity contribution in [3.05, 3.63) is 11.8 Å². The van der Waals surface area contributed by atoms with Crippen molar-refractivity contribution in [2.75, 3.05) is 20.8 Å². The zero-order valence-electron chi connectivity index (χ0n) is 16.2. The van der Waals surface area contributed by atoms with E-state index in [1.54, 1.807) is 7.05 Å². The number of amides is 1. The lowest BCUT2D eigenvalue weighted by Crippen LogP contribution is -2.43. The highest BCUT2D eigenvalue weighted by Crippen LogP contribution is 2.29. The summed E-state index contributed by atoms with van der Waals surface area (Å²) in [6, 6.07) is 3.32. The zero-order valence-corrected chi connectivity index (χ0v) is 17.2. The normalized spacial score (nSPS) is 20.3. The summed E-state index contributed by atoms with van der Waals surface area (Å²) in [6.45, 7) is 10.9. The van der Waals surface area contributed by atoms with Crippen molar-refractivity contribution in [3.8, 4) is 0 Å². The van der Waals surface area contributed by atoms with Gasteiger partial charge >= 0.3 is 0 Å². The first kappa shape index (κ1) is 21.2. The molecule has 6 nitrogen and oxygen atoms in total. The largest absolute Gasteiger partial charge is 0.470 e. The van der Waals surface area contributed by atoms with Gasteiger partial charge in [-0.05, 0) is 18.1 Å². The molecule has 1 rings (SSSR count). The number of hydrogen-bond donors (Lipinski definition) is 0. The van der Waals surface area contributed by atoms with E-state index in [4.69, 9.17) is 18.7 Å². The van der Waals surface area contributed by atoms with Crippen molar-refractivity contribution in [3.63, 3.8) is 0 Å². The predicted octanol–water partition coefficient (Wildman–Crippen LogP) is 3.45. The van der Waals surface area contributed by atoms with Crippen molar-refractivity contribution < 1.29 is 23.5 Å². The molecule has 0 bridgehead atoms. The van der Waals surface area contributed by atoms with Gasteiger partial charge in [0.2, 0.25) is 5.79 Å². The van der Waals surface area contributed by atoms with Crippen molar-refractivity contribution in [1.29, 1.82) is 0 Å². The van der Waals surface area contributed by atoms with E-state index < -0.39 is 14.1 Å². The summed E-state index contributed by atoms with van der Waals surface area (Å²) in [4.78, 5) is 17.4. The van der Waals surface area contributed by atoms with Gasteiger partial charge in [0.05, 0.1) is 25.0 Å². The molecular weight excluding hydrogens is 326 g/mol. The number of hydrogen-bond acceptors (Lipinski definition) is 5. The zero-order chi connectivity index (χ0) is 18.4. The van der Waals surface area contributed by atoms with Gasteiger partial charge in [0.1, 0.15) is 0 Å². The summed E-state index contributed by atoms with van der Waals surface area (Å²) in [6.07, 6.45) is 1.75. The van der Waals surface area contributed by atoms with Gasteiger partial charge in [0.15, 0.2) is 8.32 Å². The smallest absolute Gasteiger partial charge is 0.278 e. The molecule has 1 aliphatic heterocycles. The molecule has 0 radical (unpaired) electrons. The summed E-state index contributed by atoms with van der Waals surface area (Å²) in [5.41, 5.74) is 0.457. The van der Waals surface area contributed by atoms with E-state index in [0.717, 1.165) is 18.1 Å². The summed E-state index contributed by atoms with van der Waals surface area (Å²) >= 11 is 0. The van der Waals surface area contributed by atoms with Crippen LogP contribution in [0.1, 0.15) is 41.0 Å². The predicted molar refractivity (Wildman–Crippen MR) is 95.7 cm³/mol. The fourth-order valence-electron chi connectivity index (χ4n) is 2.82. The average Bonchev–Trinajstić information content (AvgIpc) is 2.57. The van der Waals surface area contributed by atoms with Gasteiger partial charge in [-0.25, -0.2) is 5.06 Å². The maximum Gasteiger partial charge on any atom is 0.278 e. The maximum atomic E-state index is 12.4. The van der Waals surface area contributed by atoms with Crippen LogP contribution in [0.25, 0.3) is 0 Å². The van der Waals surface area contributed by atoms with Crippen LogP contribution in [0.5, 0.6) is 0 Å². The minimum Gasteiger partial charge on any atom is -0.470 e. The lowest BCUT2D eigenvalue weighted by Gasteiger charge is -2.37. The molecule has 0 saturated heterocycles. The molecule has 1 heterocycles. The Morgan fingerprint density at radius 1 is 1.29 bits per heavy atom. The minimum atomic E-state index is -1.64. The Balaban J connectivity index is 2.79. The lowest BCUT2D eigenvalue weighted by molar-refractivity contribution is -0.222. The van der Waals surface area contributed by atoms with Crippen LogP contribution in [-0.4, -0.2) is 51.9 Å². The van der Waals surface area contributed by atoms with Crippen LogP contribution in [-0.2, 0) is 23.5 Å². The van der Waals surface area contributed by atoms with E-state index in [9.17, 15) is 4.79 Å². The third kappa shape index (κ3) is 5.30. The average molecular weight is 360 g/mol. The van der Waals surface area contributed by atoms with Crippen LogP contribution in [0.3, 0.4) is 0 Å². The Kier molecular flexibility index (Phi) is 7.92. The second-order valence-electron chi connectivity index (χ2n) is 6.56. The number of ether oxygens (including phenoxy) is 2. The van der Waals surface area contributed by atoms with Crippen LogP contribution in [0.4, 0.5) is 0 Å². The van der Waals surface area contributed by atoms with Crippen molar-refractivity contribution >= 4 is 14.2 Å². The molecule has 0 fully saturated rings. The molecule has 1 amide bonds. The van der Waals surface area contributed by atoms with E-state index in [1.165, 1.54) is 18.4 Å². The van der Waals surface area contributed by atoms with E-state index in [-0.39, 0.29) is 12.0 Å². The first-order valence-corrected chi connectivity index (χ1v) is 11.3. The molecule has 1 atom stereocenters. The van der Waals surface area contributed by atoms with E-state index in [2.05, 4.69) is 20.8 Å². The minimum absolute atomic E-state index is 0.261. The highest BCUT2D eigenvalue weighted by molar-refractivity contribution is 6.73. The maximum absolute atomic E-state index is 12.4. The fourth-order valence-corrected chi connectivity index (χ4v) is 5.48. The Labute approximate surface area is 147 Å². The molecule has 0 N–H and O–H groups in total. The van der Waals surface area contributed by atoms with Gasteiger partial charge in [0, 0.05) is 33.9 Å². The first-order chi connectivity index (χ1) is 11.2.